The zero-order valence-corrected chi connectivity index (χ0v) is 17.4. The molecule has 1 saturated carbocycles. The Morgan fingerprint density at radius 1 is 0.625 bits per heavy atom. The van der Waals surface area contributed by atoms with Crippen LogP contribution < -0.4 is 5.32 Å². The van der Waals surface area contributed by atoms with Gasteiger partial charge in [0.05, 0.1) is 11.4 Å². The molecular formula is C27H21N5. The largest absolute Gasteiger partial charge is 0.302 e. The lowest BCUT2D eigenvalue weighted by Gasteiger charge is -2.36. The molecule has 5 heteroatoms. The molecule has 5 heterocycles. The summed E-state index contributed by atoms with van der Waals surface area (Å²) >= 11 is 0. The highest BCUT2D eigenvalue weighted by molar-refractivity contribution is 5.73. The van der Waals surface area contributed by atoms with Gasteiger partial charge in [-0.05, 0) is 76.6 Å². The van der Waals surface area contributed by atoms with Crippen LogP contribution in [0.1, 0.15) is 52.6 Å². The van der Waals surface area contributed by atoms with Crippen molar-refractivity contribution >= 4 is 0 Å². The van der Waals surface area contributed by atoms with Crippen molar-refractivity contribution in [3.05, 3.63) is 95.3 Å². The van der Waals surface area contributed by atoms with Crippen molar-refractivity contribution in [3.63, 3.8) is 0 Å². The second-order valence-electron chi connectivity index (χ2n) is 9.51. The zero-order chi connectivity index (χ0) is 20.8. The SMILES string of the molecule is c1ccc(-c2nnc(-c3ccccn3)c3c2[C@H]2C[C@@H]3[C@@H]3[C@H]2[C@@H]2N[C@H]3c3ccccc32)nc1. The van der Waals surface area contributed by atoms with E-state index >= 15 is 0 Å². The summed E-state index contributed by atoms with van der Waals surface area (Å²) in [7, 11) is 0. The molecule has 3 aromatic heterocycles. The summed E-state index contributed by atoms with van der Waals surface area (Å²) < 4.78 is 0. The third kappa shape index (κ3) is 2.03. The number of nitrogens with zero attached hydrogens (tertiary/aromatic N) is 4. The Hall–Kier alpha value is -3.44. The van der Waals surface area contributed by atoms with Gasteiger partial charge in [0.1, 0.15) is 11.4 Å². The van der Waals surface area contributed by atoms with Crippen LogP contribution in [0.2, 0.25) is 0 Å². The average molecular weight is 416 g/mol. The van der Waals surface area contributed by atoms with E-state index in [1.54, 1.807) is 0 Å². The van der Waals surface area contributed by atoms with E-state index in [0.29, 0.717) is 35.8 Å². The maximum Gasteiger partial charge on any atom is 0.115 e. The second-order valence-corrected chi connectivity index (χ2v) is 9.51. The van der Waals surface area contributed by atoms with Crippen molar-refractivity contribution in [3.8, 4) is 22.8 Å². The Kier molecular flexibility index (Phi) is 3.26. The molecule has 8 rings (SSSR count). The van der Waals surface area contributed by atoms with Gasteiger partial charge in [-0.1, -0.05) is 36.4 Å². The number of hydrogen-bond acceptors (Lipinski definition) is 5. The van der Waals surface area contributed by atoms with Gasteiger partial charge in [-0.2, -0.15) is 0 Å². The summed E-state index contributed by atoms with van der Waals surface area (Å²) in [4.78, 5) is 9.30. The van der Waals surface area contributed by atoms with Crippen molar-refractivity contribution in [2.45, 2.75) is 30.3 Å². The van der Waals surface area contributed by atoms with Gasteiger partial charge in [-0.15, -0.1) is 10.2 Å². The van der Waals surface area contributed by atoms with E-state index in [0.717, 1.165) is 22.8 Å². The first-order valence-electron chi connectivity index (χ1n) is 11.5. The third-order valence-corrected chi connectivity index (χ3v) is 8.28. The zero-order valence-electron chi connectivity index (χ0n) is 17.4. The van der Waals surface area contributed by atoms with E-state index in [9.17, 15) is 0 Å². The molecule has 154 valence electrons. The van der Waals surface area contributed by atoms with E-state index in [-0.39, 0.29) is 0 Å². The first-order chi connectivity index (χ1) is 15.9. The van der Waals surface area contributed by atoms with Gasteiger partial charge < -0.3 is 5.32 Å². The van der Waals surface area contributed by atoms with E-state index in [4.69, 9.17) is 10.2 Å². The summed E-state index contributed by atoms with van der Waals surface area (Å²) in [6.07, 6.45) is 4.88. The van der Waals surface area contributed by atoms with Crippen LogP contribution >= 0.6 is 0 Å². The van der Waals surface area contributed by atoms with Gasteiger partial charge in [0.25, 0.3) is 0 Å². The Morgan fingerprint density at radius 2 is 1.12 bits per heavy atom. The molecule has 1 saturated heterocycles. The highest BCUT2D eigenvalue weighted by Gasteiger charge is 2.64. The molecular weight excluding hydrogens is 394 g/mol. The molecule has 0 unspecified atom stereocenters. The molecule has 4 bridgehead atoms. The Balaban J connectivity index is 1.37. The monoisotopic (exact) mass is 415 g/mol. The van der Waals surface area contributed by atoms with Crippen molar-refractivity contribution < 1.29 is 0 Å². The van der Waals surface area contributed by atoms with Gasteiger partial charge in [-0.25, -0.2) is 0 Å². The minimum Gasteiger partial charge on any atom is -0.302 e. The van der Waals surface area contributed by atoms with Gasteiger partial charge in [0.15, 0.2) is 0 Å². The lowest BCUT2D eigenvalue weighted by atomic mass is 9.66. The fourth-order valence-corrected chi connectivity index (χ4v) is 7.34. The van der Waals surface area contributed by atoms with Gasteiger partial charge in [0, 0.05) is 24.5 Å². The quantitative estimate of drug-likeness (QED) is 0.509. The normalized spacial score (nSPS) is 30.2. The smallest absolute Gasteiger partial charge is 0.115 e. The van der Waals surface area contributed by atoms with Crippen molar-refractivity contribution in [1.82, 2.24) is 25.5 Å². The molecule has 2 fully saturated rings. The molecule has 0 radical (unpaired) electrons. The minimum absolute atomic E-state index is 0.437. The topological polar surface area (TPSA) is 63.6 Å². The van der Waals surface area contributed by atoms with Crippen LogP contribution in [0.5, 0.6) is 0 Å². The highest BCUT2D eigenvalue weighted by Crippen LogP contribution is 2.72. The maximum absolute atomic E-state index is 4.76. The molecule has 6 atom stereocenters. The van der Waals surface area contributed by atoms with E-state index in [2.05, 4.69) is 51.7 Å². The Bertz CT molecular complexity index is 1270. The molecule has 4 aromatic rings. The van der Waals surface area contributed by atoms with Crippen LogP contribution in [-0.4, -0.2) is 20.2 Å². The molecule has 0 spiro atoms. The molecule has 1 N–H and O–H groups in total. The fraction of sp³-hybridized carbons (Fsp3) is 0.259. The molecule has 32 heavy (non-hydrogen) atoms. The number of rotatable bonds is 2. The molecule has 2 aliphatic heterocycles. The standard InChI is InChI=1S/C27H21N5/c1-2-8-15-14(7-1)24-20-16-13-17(21(20)25(15)30-24)23-22(16)26(18-9-3-5-11-28-18)31-32-27(23)19-10-4-6-12-29-19/h1-12,16-17,20-21,24-25,30H,13H2/t16-,17+,20-,21+,24+,25-. The predicted octanol–water partition coefficient (Wildman–Crippen LogP) is 4.82. The van der Waals surface area contributed by atoms with Crippen molar-refractivity contribution in [2.24, 2.45) is 11.8 Å². The second kappa shape index (κ2) is 6.08. The summed E-state index contributed by atoms with van der Waals surface area (Å²) in [5, 5.41) is 13.5. The number of fused-ring (bicyclic) bond motifs is 15. The summed E-state index contributed by atoms with van der Waals surface area (Å²) in [5.74, 6) is 2.17. The molecule has 0 amide bonds. The van der Waals surface area contributed by atoms with E-state index < -0.39 is 0 Å². The van der Waals surface area contributed by atoms with Crippen LogP contribution in [0.15, 0.2) is 73.1 Å². The predicted molar refractivity (Wildman–Crippen MR) is 121 cm³/mol. The molecule has 4 aliphatic rings. The van der Waals surface area contributed by atoms with Crippen LogP contribution in [0.3, 0.4) is 0 Å². The third-order valence-electron chi connectivity index (χ3n) is 8.28. The lowest BCUT2D eigenvalue weighted by molar-refractivity contribution is 0.319. The summed E-state index contributed by atoms with van der Waals surface area (Å²) in [6, 6.07) is 22.0. The molecule has 5 nitrogen and oxygen atoms in total. The number of pyridine rings is 2. The molecule has 1 aromatic carbocycles. The van der Waals surface area contributed by atoms with E-state index in [1.165, 1.54) is 28.7 Å². The first kappa shape index (κ1) is 17.2. The van der Waals surface area contributed by atoms with Crippen molar-refractivity contribution in [1.29, 1.82) is 0 Å². The van der Waals surface area contributed by atoms with Crippen LogP contribution in [0.4, 0.5) is 0 Å². The highest BCUT2D eigenvalue weighted by atomic mass is 15.1. The number of nitrogens with one attached hydrogen (secondary N) is 1. The number of benzene rings is 1. The number of hydrogen-bond donors (Lipinski definition) is 1. The van der Waals surface area contributed by atoms with Crippen molar-refractivity contribution in [2.75, 3.05) is 0 Å². The van der Waals surface area contributed by atoms with Crippen LogP contribution in [0.25, 0.3) is 22.8 Å². The van der Waals surface area contributed by atoms with Crippen LogP contribution in [-0.2, 0) is 0 Å². The summed E-state index contributed by atoms with van der Waals surface area (Å²) in [6.45, 7) is 0. The molecule has 2 aliphatic carbocycles. The van der Waals surface area contributed by atoms with E-state index in [1.807, 2.05) is 36.7 Å². The lowest BCUT2D eigenvalue weighted by Crippen LogP contribution is -2.28. The minimum atomic E-state index is 0.437. The van der Waals surface area contributed by atoms with Gasteiger partial charge in [-0.3, -0.25) is 9.97 Å². The van der Waals surface area contributed by atoms with Gasteiger partial charge in [0.2, 0.25) is 0 Å². The number of aromatic nitrogens is 4. The Morgan fingerprint density at radius 3 is 1.59 bits per heavy atom. The van der Waals surface area contributed by atoms with Crippen LogP contribution in [0, 0.1) is 11.8 Å². The maximum atomic E-state index is 4.76. The first-order valence-corrected chi connectivity index (χ1v) is 11.5. The Labute approximate surface area is 186 Å². The average Bonchev–Trinajstić information content (AvgIpc) is 3.62. The van der Waals surface area contributed by atoms with Gasteiger partial charge >= 0.3 is 0 Å². The summed E-state index contributed by atoms with van der Waals surface area (Å²) in [5.41, 5.74) is 9.51. The fourth-order valence-electron chi connectivity index (χ4n) is 7.34.